The van der Waals surface area contributed by atoms with Crippen LogP contribution in [0.25, 0.3) is 0 Å². The summed E-state index contributed by atoms with van der Waals surface area (Å²) < 4.78 is 10.0. The Hall–Kier alpha value is -1.84. The molecule has 0 bridgehead atoms. The highest BCUT2D eigenvalue weighted by molar-refractivity contribution is 6.08. The topological polar surface area (TPSA) is 52.6 Å². The van der Waals surface area contributed by atoms with Crippen LogP contribution in [0, 0.1) is 0 Å². The van der Waals surface area contributed by atoms with Crippen LogP contribution in [0.4, 0.5) is 0 Å². The molecule has 1 rings (SSSR count). The summed E-state index contributed by atoms with van der Waals surface area (Å²) in [7, 11) is 1.47. The highest BCUT2D eigenvalue weighted by Gasteiger charge is 2.20. The number of benzene rings is 1. The second-order valence-electron chi connectivity index (χ2n) is 3.38. The van der Waals surface area contributed by atoms with Crippen LogP contribution in [-0.2, 0) is 4.74 Å². The quantitative estimate of drug-likeness (QED) is 0.582. The van der Waals surface area contributed by atoms with E-state index in [-0.39, 0.29) is 18.0 Å². The Morgan fingerprint density at radius 1 is 1.24 bits per heavy atom. The molecular weight excluding hydrogens is 220 g/mol. The van der Waals surface area contributed by atoms with E-state index in [1.807, 2.05) is 0 Å². The molecule has 0 unspecified atom stereocenters. The minimum absolute atomic E-state index is 0.134. The van der Waals surface area contributed by atoms with Crippen LogP contribution < -0.4 is 4.74 Å². The summed E-state index contributed by atoms with van der Waals surface area (Å²) in [4.78, 5) is 23.6. The highest BCUT2D eigenvalue weighted by Crippen LogP contribution is 2.24. The van der Waals surface area contributed by atoms with E-state index >= 15 is 0 Å². The molecule has 0 spiro atoms. The van der Waals surface area contributed by atoms with Crippen LogP contribution in [0.15, 0.2) is 18.2 Å². The molecule has 0 atom stereocenters. The normalized spacial score (nSPS) is 9.82. The third-order valence-corrected chi connectivity index (χ3v) is 2.34. The number of ether oxygens (including phenoxy) is 2. The Morgan fingerprint density at radius 2 is 1.94 bits per heavy atom. The molecule has 0 fully saturated rings. The van der Waals surface area contributed by atoms with Crippen molar-refractivity contribution in [1.82, 2.24) is 0 Å². The summed E-state index contributed by atoms with van der Waals surface area (Å²) in [6.07, 6.45) is 0.312. The molecule has 0 N–H and O–H groups in total. The van der Waals surface area contributed by atoms with E-state index < -0.39 is 5.97 Å². The van der Waals surface area contributed by atoms with Gasteiger partial charge in [0.1, 0.15) is 5.75 Å². The fourth-order valence-corrected chi connectivity index (χ4v) is 1.54. The van der Waals surface area contributed by atoms with Gasteiger partial charge >= 0.3 is 5.97 Å². The first-order chi connectivity index (χ1) is 8.15. The van der Waals surface area contributed by atoms with Crippen LogP contribution in [0.3, 0.4) is 0 Å². The number of carbonyl (C=O) groups is 2. The summed E-state index contributed by atoms with van der Waals surface area (Å²) in [6, 6.07) is 4.90. The molecule has 0 saturated heterocycles. The molecule has 4 nitrogen and oxygen atoms in total. The van der Waals surface area contributed by atoms with Gasteiger partial charge < -0.3 is 9.47 Å². The number of hydrogen-bond acceptors (Lipinski definition) is 4. The van der Waals surface area contributed by atoms with E-state index in [1.165, 1.54) is 7.11 Å². The van der Waals surface area contributed by atoms with Gasteiger partial charge in [-0.15, -0.1) is 0 Å². The second kappa shape index (κ2) is 6.03. The Bertz CT molecular complexity index is 423. The zero-order valence-electron chi connectivity index (χ0n) is 10.3. The summed E-state index contributed by atoms with van der Waals surface area (Å²) in [5, 5.41) is 0. The standard InChI is InChI=1S/C13H16O4/c1-4-10(14)12-9(13(15)17-5-2)7-6-8-11(12)16-3/h6-8H,4-5H2,1-3H3. The Kier molecular flexibility index (Phi) is 4.69. The smallest absolute Gasteiger partial charge is 0.338 e. The predicted molar refractivity (Wildman–Crippen MR) is 63.6 cm³/mol. The van der Waals surface area contributed by atoms with Gasteiger partial charge in [-0.05, 0) is 19.1 Å². The van der Waals surface area contributed by atoms with E-state index in [9.17, 15) is 9.59 Å². The third kappa shape index (κ3) is 2.84. The maximum atomic E-state index is 11.8. The number of carbonyl (C=O) groups excluding carboxylic acids is 2. The van der Waals surface area contributed by atoms with Gasteiger partial charge in [-0.25, -0.2) is 4.79 Å². The summed E-state index contributed by atoms with van der Waals surface area (Å²) in [6.45, 7) is 3.74. The molecule has 1 aromatic carbocycles. The van der Waals surface area contributed by atoms with Gasteiger partial charge in [0.15, 0.2) is 5.78 Å². The molecule has 0 saturated carbocycles. The maximum Gasteiger partial charge on any atom is 0.338 e. The van der Waals surface area contributed by atoms with Crippen LogP contribution >= 0.6 is 0 Å². The van der Waals surface area contributed by atoms with Crippen LogP contribution in [0.1, 0.15) is 41.0 Å². The zero-order chi connectivity index (χ0) is 12.8. The molecular formula is C13H16O4. The Balaban J connectivity index is 3.28. The lowest BCUT2D eigenvalue weighted by Crippen LogP contribution is -2.12. The van der Waals surface area contributed by atoms with Crippen molar-refractivity contribution >= 4 is 11.8 Å². The van der Waals surface area contributed by atoms with Crippen molar-refractivity contribution in [2.45, 2.75) is 20.3 Å². The summed E-state index contributed by atoms with van der Waals surface area (Å²) in [5.74, 6) is -0.226. The van der Waals surface area contributed by atoms with Gasteiger partial charge in [0, 0.05) is 6.42 Å². The average Bonchev–Trinajstić information content (AvgIpc) is 2.37. The number of hydrogen-bond donors (Lipinski definition) is 0. The molecule has 17 heavy (non-hydrogen) atoms. The van der Waals surface area contributed by atoms with E-state index in [0.717, 1.165) is 0 Å². The molecule has 0 amide bonds. The monoisotopic (exact) mass is 236 g/mol. The molecule has 1 aromatic rings. The fourth-order valence-electron chi connectivity index (χ4n) is 1.54. The van der Waals surface area contributed by atoms with Gasteiger partial charge in [0.25, 0.3) is 0 Å². The molecule has 0 aromatic heterocycles. The lowest BCUT2D eigenvalue weighted by atomic mass is 10.0. The minimum Gasteiger partial charge on any atom is -0.496 e. The van der Waals surface area contributed by atoms with Crippen LogP contribution in [0.2, 0.25) is 0 Å². The van der Waals surface area contributed by atoms with Crippen LogP contribution in [0.5, 0.6) is 5.75 Å². The SMILES string of the molecule is CCOC(=O)c1cccc(OC)c1C(=O)CC. The molecule has 4 heteroatoms. The van der Waals surface area contributed by atoms with Gasteiger partial charge in [-0.3, -0.25) is 4.79 Å². The van der Waals surface area contributed by atoms with E-state index in [2.05, 4.69) is 0 Å². The molecule has 0 aliphatic heterocycles. The van der Waals surface area contributed by atoms with E-state index in [1.54, 1.807) is 32.0 Å². The van der Waals surface area contributed by atoms with Gasteiger partial charge in [-0.2, -0.15) is 0 Å². The molecule has 92 valence electrons. The van der Waals surface area contributed by atoms with Crippen LogP contribution in [-0.4, -0.2) is 25.5 Å². The molecule has 0 aliphatic rings. The molecule has 0 heterocycles. The first-order valence-corrected chi connectivity index (χ1v) is 5.53. The Morgan fingerprint density at radius 3 is 2.47 bits per heavy atom. The van der Waals surface area contributed by atoms with Crippen molar-refractivity contribution in [1.29, 1.82) is 0 Å². The first-order valence-electron chi connectivity index (χ1n) is 5.53. The lowest BCUT2D eigenvalue weighted by molar-refractivity contribution is 0.0522. The lowest BCUT2D eigenvalue weighted by Gasteiger charge is -2.11. The van der Waals surface area contributed by atoms with Crippen molar-refractivity contribution in [3.8, 4) is 5.75 Å². The second-order valence-corrected chi connectivity index (χ2v) is 3.38. The number of rotatable bonds is 5. The van der Waals surface area contributed by atoms with Crippen molar-refractivity contribution in [2.75, 3.05) is 13.7 Å². The first kappa shape index (κ1) is 13.2. The van der Waals surface area contributed by atoms with E-state index in [0.29, 0.717) is 17.7 Å². The number of ketones is 1. The van der Waals surface area contributed by atoms with Crippen molar-refractivity contribution < 1.29 is 19.1 Å². The molecule has 0 aliphatic carbocycles. The van der Waals surface area contributed by atoms with E-state index in [4.69, 9.17) is 9.47 Å². The van der Waals surface area contributed by atoms with Crippen molar-refractivity contribution in [3.63, 3.8) is 0 Å². The largest absolute Gasteiger partial charge is 0.496 e. The average molecular weight is 236 g/mol. The zero-order valence-corrected chi connectivity index (χ0v) is 10.3. The van der Waals surface area contributed by atoms with Gasteiger partial charge in [0.05, 0.1) is 24.8 Å². The van der Waals surface area contributed by atoms with Crippen molar-refractivity contribution in [2.24, 2.45) is 0 Å². The highest BCUT2D eigenvalue weighted by atomic mass is 16.5. The fraction of sp³-hybridized carbons (Fsp3) is 0.385. The maximum absolute atomic E-state index is 11.8. The summed E-state index contributed by atoms with van der Waals surface area (Å²) in [5.41, 5.74) is 0.564. The number of methoxy groups -OCH3 is 1. The third-order valence-electron chi connectivity index (χ3n) is 2.34. The van der Waals surface area contributed by atoms with Gasteiger partial charge in [-0.1, -0.05) is 13.0 Å². The minimum atomic E-state index is -0.497. The van der Waals surface area contributed by atoms with Crippen molar-refractivity contribution in [3.05, 3.63) is 29.3 Å². The number of esters is 1. The Labute approximate surface area is 101 Å². The van der Waals surface area contributed by atoms with Gasteiger partial charge in [0.2, 0.25) is 0 Å². The molecule has 0 radical (unpaired) electrons. The predicted octanol–water partition coefficient (Wildman–Crippen LogP) is 2.46. The number of Topliss-reactive ketones (excluding diaryl/α,β-unsaturated/α-hetero) is 1. The summed E-state index contributed by atoms with van der Waals surface area (Å²) >= 11 is 0.